The lowest BCUT2D eigenvalue weighted by Gasteiger charge is -2.12. The first-order valence-corrected chi connectivity index (χ1v) is 9.02. The van der Waals surface area contributed by atoms with Crippen molar-refractivity contribution in [2.24, 2.45) is 5.92 Å². The van der Waals surface area contributed by atoms with Crippen molar-refractivity contribution in [3.8, 4) is 11.1 Å². The number of nitro groups is 1. The number of thiophene rings is 1. The minimum atomic E-state index is -0.511. The van der Waals surface area contributed by atoms with E-state index in [1.807, 2.05) is 5.38 Å². The summed E-state index contributed by atoms with van der Waals surface area (Å²) in [4.78, 5) is 28.3. The zero-order valence-electron chi connectivity index (χ0n) is 14.7. The number of methoxy groups -OCH3 is 1. The molecule has 3 rings (SSSR count). The fourth-order valence-electron chi connectivity index (χ4n) is 3.00. The summed E-state index contributed by atoms with van der Waals surface area (Å²) in [5.74, 6) is -0.0878. The molecule has 2 heterocycles. The predicted molar refractivity (Wildman–Crippen MR) is 102 cm³/mol. The highest BCUT2D eigenvalue weighted by Gasteiger charge is 2.22. The first-order chi connectivity index (χ1) is 12.4. The van der Waals surface area contributed by atoms with Crippen molar-refractivity contribution < 1.29 is 14.5 Å². The second kappa shape index (κ2) is 7.21. The van der Waals surface area contributed by atoms with Crippen molar-refractivity contribution in [2.75, 3.05) is 7.11 Å². The number of esters is 1. The maximum atomic E-state index is 12.3. The van der Waals surface area contributed by atoms with Gasteiger partial charge in [-0.3, -0.25) is 10.1 Å². The van der Waals surface area contributed by atoms with Gasteiger partial charge in [0.1, 0.15) is 4.83 Å². The second-order valence-corrected chi connectivity index (χ2v) is 7.24. The third-order valence-electron chi connectivity index (χ3n) is 4.06. The lowest BCUT2D eigenvalue weighted by molar-refractivity contribution is -0.384. The summed E-state index contributed by atoms with van der Waals surface area (Å²) < 4.78 is 4.91. The SMILES string of the molecule is COC(=O)c1cnc2scc(CC(C)C)c2c1-c1cccc([N+](=O)[O-])c1. The number of benzene rings is 1. The molecular formula is C19H18N2O4S. The number of hydrogen-bond donors (Lipinski definition) is 0. The van der Waals surface area contributed by atoms with Crippen molar-refractivity contribution in [3.63, 3.8) is 0 Å². The molecule has 0 radical (unpaired) electrons. The Hall–Kier alpha value is -2.80. The molecule has 7 heteroatoms. The van der Waals surface area contributed by atoms with Crippen LogP contribution in [-0.4, -0.2) is 23.0 Å². The summed E-state index contributed by atoms with van der Waals surface area (Å²) in [5.41, 5.74) is 2.62. The number of aromatic nitrogens is 1. The number of nitrogens with zero attached hydrogens (tertiary/aromatic N) is 2. The lowest BCUT2D eigenvalue weighted by Crippen LogP contribution is -2.06. The minimum absolute atomic E-state index is 0.0242. The van der Waals surface area contributed by atoms with Crippen molar-refractivity contribution in [1.82, 2.24) is 4.98 Å². The van der Waals surface area contributed by atoms with Crippen LogP contribution in [0.1, 0.15) is 29.8 Å². The van der Waals surface area contributed by atoms with E-state index >= 15 is 0 Å². The lowest BCUT2D eigenvalue weighted by atomic mass is 9.93. The van der Waals surface area contributed by atoms with Gasteiger partial charge in [0.05, 0.1) is 17.6 Å². The number of pyridine rings is 1. The number of non-ortho nitro benzene ring substituents is 1. The Balaban J connectivity index is 2.35. The van der Waals surface area contributed by atoms with Crippen LogP contribution in [0.15, 0.2) is 35.8 Å². The van der Waals surface area contributed by atoms with Gasteiger partial charge in [-0.1, -0.05) is 26.0 Å². The summed E-state index contributed by atoms with van der Waals surface area (Å²) in [6.45, 7) is 4.24. The number of carbonyl (C=O) groups is 1. The Morgan fingerprint density at radius 2 is 2.15 bits per heavy atom. The fraction of sp³-hybridized carbons (Fsp3) is 0.263. The molecule has 134 valence electrons. The van der Waals surface area contributed by atoms with E-state index in [1.165, 1.54) is 36.8 Å². The van der Waals surface area contributed by atoms with Gasteiger partial charge in [-0.15, -0.1) is 11.3 Å². The van der Waals surface area contributed by atoms with Crippen LogP contribution >= 0.6 is 11.3 Å². The van der Waals surface area contributed by atoms with E-state index in [-0.39, 0.29) is 5.69 Å². The maximum Gasteiger partial charge on any atom is 0.340 e. The molecule has 0 unspecified atom stereocenters. The van der Waals surface area contributed by atoms with Crippen LogP contribution in [0.3, 0.4) is 0 Å². The molecule has 1 aromatic carbocycles. The monoisotopic (exact) mass is 370 g/mol. The van der Waals surface area contributed by atoms with Gasteiger partial charge >= 0.3 is 5.97 Å². The van der Waals surface area contributed by atoms with E-state index in [2.05, 4.69) is 18.8 Å². The summed E-state index contributed by atoms with van der Waals surface area (Å²) in [7, 11) is 1.31. The number of rotatable bonds is 5. The Bertz CT molecular complexity index is 994. The van der Waals surface area contributed by atoms with Crippen LogP contribution in [0.2, 0.25) is 0 Å². The molecular weight excluding hydrogens is 352 g/mol. The van der Waals surface area contributed by atoms with Crippen LogP contribution in [0.25, 0.3) is 21.3 Å². The van der Waals surface area contributed by atoms with Crippen molar-refractivity contribution in [3.05, 3.63) is 57.1 Å². The second-order valence-electron chi connectivity index (χ2n) is 6.38. The van der Waals surface area contributed by atoms with E-state index in [1.54, 1.807) is 12.1 Å². The quantitative estimate of drug-likeness (QED) is 0.364. The molecule has 6 nitrogen and oxygen atoms in total. The topological polar surface area (TPSA) is 82.3 Å². The maximum absolute atomic E-state index is 12.3. The smallest absolute Gasteiger partial charge is 0.340 e. The highest BCUT2D eigenvalue weighted by atomic mass is 32.1. The molecule has 0 amide bonds. The molecule has 0 bridgehead atoms. The van der Waals surface area contributed by atoms with Gasteiger partial charge in [-0.2, -0.15) is 0 Å². The Kier molecular flexibility index (Phi) is 4.99. The molecule has 26 heavy (non-hydrogen) atoms. The van der Waals surface area contributed by atoms with E-state index in [9.17, 15) is 14.9 Å². The van der Waals surface area contributed by atoms with Crippen LogP contribution in [0.4, 0.5) is 5.69 Å². The number of carbonyl (C=O) groups excluding carboxylic acids is 1. The summed E-state index contributed by atoms with van der Waals surface area (Å²) in [6.07, 6.45) is 2.31. The third kappa shape index (κ3) is 3.30. The normalized spacial score (nSPS) is 11.1. The summed E-state index contributed by atoms with van der Waals surface area (Å²) in [5, 5.41) is 14.1. The summed E-state index contributed by atoms with van der Waals surface area (Å²) >= 11 is 1.51. The average molecular weight is 370 g/mol. The molecule has 2 aromatic heterocycles. The summed E-state index contributed by atoms with van der Waals surface area (Å²) in [6, 6.07) is 6.31. The predicted octanol–water partition coefficient (Wildman–Crippen LogP) is 4.86. The molecule has 0 aliphatic carbocycles. The van der Waals surface area contributed by atoms with Gasteiger partial charge in [-0.25, -0.2) is 9.78 Å². The molecule has 0 fully saturated rings. The molecule has 0 spiro atoms. The largest absolute Gasteiger partial charge is 0.465 e. The van der Waals surface area contributed by atoms with Gasteiger partial charge < -0.3 is 4.74 Å². The van der Waals surface area contributed by atoms with Gasteiger partial charge in [0.2, 0.25) is 0 Å². The number of hydrogen-bond acceptors (Lipinski definition) is 6. The number of ether oxygens (including phenoxy) is 1. The standard InChI is InChI=1S/C19H18N2O4S/c1-11(2)7-13-10-26-18-17(13)16(15(9-20-18)19(22)25-3)12-5-4-6-14(8-12)21(23)24/h4-6,8-11H,7H2,1-3H3. The van der Waals surface area contributed by atoms with Gasteiger partial charge in [0.25, 0.3) is 5.69 Å². The van der Waals surface area contributed by atoms with Crippen molar-refractivity contribution in [1.29, 1.82) is 0 Å². The zero-order valence-corrected chi connectivity index (χ0v) is 15.5. The average Bonchev–Trinajstić information content (AvgIpc) is 3.02. The zero-order chi connectivity index (χ0) is 18.8. The number of fused-ring (bicyclic) bond motifs is 1. The van der Waals surface area contributed by atoms with Gasteiger partial charge in [0.15, 0.2) is 0 Å². The first-order valence-electron chi connectivity index (χ1n) is 8.14. The van der Waals surface area contributed by atoms with Gasteiger partial charge in [-0.05, 0) is 28.8 Å². The van der Waals surface area contributed by atoms with Crippen molar-refractivity contribution >= 4 is 33.2 Å². The molecule has 0 saturated heterocycles. The fourth-order valence-corrected chi connectivity index (χ4v) is 3.93. The molecule has 3 aromatic rings. The molecule has 0 aliphatic rings. The van der Waals surface area contributed by atoms with Crippen LogP contribution in [0.5, 0.6) is 0 Å². The molecule has 0 atom stereocenters. The number of nitro benzene ring substituents is 1. The highest BCUT2D eigenvalue weighted by molar-refractivity contribution is 7.17. The van der Waals surface area contributed by atoms with E-state index < -0.39 is 10.9 Å². The Morgan fingerprint density at radius 3 is 2.81 bits per heavy atom. The third-order valence-corrected chi connectivity index (χ3v) is 4.99. The molecule has 0 N–H and O–H groups in total. The Morgan fingerprint density at radius 1 is 1.38 bits per heavy atom. The van der Waals surface area contributed by atoms with E-state index in [0.717, 1.165) is 22.2 Å². The van der Waals surface area contributed by atoms with E-state index in [0.29, 0.717) is 22.6 Å². The molecule has 0 aliphatic heterocycles. The Labute approximate surface area is 154 Å². The highest BCUT2D eigenvalue weighted by Crippen LogP contribution is 2.38. The minimum Gasteiger partial charge on any atom is -0.465 e. The van der Waals surface area contributed by atoms with Gasteiger partial charge in [0, 0.05) is 29.3 Å². The molecule has 0 saturated carbocycles. The van der Waals surface area contributed by atoms with E-state index in [4.69, 9.17) is 4.74 Å². The van der Waals surface area contributed by atoms with Crippen molar-refractivity contribution in [2.45, 2.75) is 20.3 Å². The van der Waals surface area contributed by atoms with Crippen LogP contribution < -0.4 is 0 Å². The van der Waals surface area contributed by atoms with Crippen LogP contribution in [-0.2, 0) is 11.2 Å². The first kappa shape index (κ1) is 18.0. The van der Waals surface area contributed by atoms with Crippen LogP contribution in [0, 0.1) is 16.0 Å².